The Kier molecular flexibility index (Phi) is 4.84. The highest BCUT2D eigenvalue weighted by Gasteiger charge is 2.22. The zero-order valence-electron chi connectivity index (χ0n) is 10.1. The molecule has 2 atom stereocenters. The minimum Gasteiger partial charge on any atom is -0.323 e. The normalized spacial score (nSPS) is 14.4. The van der Waals surface area contributed by atoms with Crippen LogP contribution in [0, 0.1) is 0 Å². The van der Waals surface area contributed by atoms with Gasteiger partial charge in [-0.25, -0.2) is 0 Å². The molecule has 0 saturated heterocycles. The second-order valence-electron chi connectivity index (χ2n) is 4.22. The number of hydrogen-bond acceptors (Lipinski definition) is 2. The predicted molar refractivity (Wildman–Crippen MR) is 83.4 cm³/mol. The second-order valence-corrected chi connectivity index (χ2v) is 6.76. The van der Waals surface area contributed by atoms with Crippen molar-refractivity contribution in [1.29, 1.82) is 0 Å². The predicted octanol–water partition coefficient (Wildman–Crippen LogP) is 5.36. The quantitative estimate of drug-likeness (QED) is 0.794. The van der Waals surface area contributed by atoms with Crippen LogP contribution in [0.4, 0.5) is 0 Å². The molecule has 1 aromatic carbocycles. The van der Waals surface area contributed by atoms with Crippen LogP contribution >= 0.6 is 38.9 Å². The zero-order chi connectivity index (χ0) is 13.1. The highest BCUT2D eigenvalue weighted by atomic mass is 79.9. The number of halogens is 2. The third-order valence-corrected chi connectivity index (χ3v) is 5.67. The van der Waals surface area contributed by atoms with E-state index in [1.165, 1.54) is 5.56 Å². The van der Waals surface area contributed by atoms with Gasteiger partial charge in [0.05, 0.1) is 0 Å². The lowest BCUT2D eigenvalue weighted by Crippen LogP contribution is -2.18. The van der Waals surface area contributed by atoms with Gasteiger partial charge in [-0.2, -0.15) is 0 Å². The Labute approximate surface area is 125 Å². The van der Waals surface area contributed by atoms with E-state index in [9.17, 15) is 0 Å². The smallest absolute Gasteiger partial charge is 0.107 e. The second kappa shape index (κ2) is 6.20. The van der Waals surface area contributed by atoms with Crippen molar-refractivity contribution in [1.82, 2.24) is 0 Å². The SMILES string of the molecule is CCC(c1ccccc1)C(N)c1cc(Br)c(Cl)s1. The van der Waals surface area contributed by atoms with Gasteiger partial charge in [0, 0.05) is 21.3 Å². The zero-order valence-corrected chi connectivity index (χ0v) is 13.2. The summed E-state index contributed by atoms with van der Waals surface area (Å²) >= 11 is 11.1. The maximum absolute atomic E-state index is 6.39. The number of nitrogens with two attached hydrogens (primary N) is 1. The molecule has 0 radical (unpaired) electrons. The van der Waals surface area contributed by atoms with Crippen LogP contribution in [-0.2, 0) is 0 Å². The Bertz CT molecular complexity index is 492. The highest BCUT2D eigenvalue weighted by Crippen LogP contribution is 2.40. The fraction of sp³-hybridized carbons (Fsp3) is 0.286. The molecule has 0 bridgehead atoms. The number of benzene rings is 1. The first kappa shape index (κ1) is 14.1. The summed E-state index contributed by atoms with van der Waals surface area (Å²) in [5.74, 6) is 0.327. The van der Waals surface area contributed by atoms with E-state index in [2.05, 4.69) is 47.1 Å². The van der Waals surface area contributed by atoms with Crippen molar-refractivity contribution < 1.29 is 0 Å². The molecule has 2 unspecified atom stereocenters. The number of hydrogen-bond donors (Lipinski definition) is 1. The van der Waals surface area contributed by atoms with Crippen LogP contribution < -0.4 is 5.73 Å². The van der Waals surface area contributed by atoms with Crippen molar-refractivity contribution in [2.45, 2.75) is 25.3 Å². The molecule has 4 heteroatoms. The van der Waals surface area contributed by atoms with Crippen LogP contribution in [0.3, 0.4) is 0 Å². The molecule has 0 aliphatic rings. The molecule has 1 nitrogen and oxygen atoms in total. The molecule has 0 spiro atoms. The summed E-state index contributed by atoms with van der Waals surface area (Å²) in [5, 5.41) is 0. The molecule has 2 aromatic rings. The molecule has 0 fully saturated rings. The van der Waals surface area contributed by atoms with E-state index in [4.69, 9.17) is 17.3 Å². The monoisotopic (exact) mass is 343 g/mol. The van der Waals surface area contributed by atoms with Gasteiger partial charge in [0.2, 0.25) is 0 Å². The van der Waals surface area contributed by atoms with Gasteiger partial charge in [-0.15, -0.1) is 11.3 Å². The summed E-state index contributed by atoms with van der Waals surface area (Å²) < 4.78 is 1.70. The third-order valence-electron chi connectivity index (χ3n) is 3.09. The fourth-order valence-corrected chi connectivity index (χ4v) is 3.93. The van der Waals surface area contributed by atoms with Gasteiger partial charge >= 0.3 is 0 Å². The molecule has 2 rings (SSSR count). The molecular weight excluding hydrogens is 330 g/mol. The van der Waals surface area contributed by atoms with E-state index in [0.29, 0.717) is 5.92 Å². The molecular formula is C14H15BrClNS. The van der Waals surface area contributed by atoms with Crippen molar-refractivity contribution in [3.8, 4) is 0 Å². The third kappa shape index (κ3) is 2.97. The first-order valence-electron chi connectivity index (χ1n) is 5.88. The number of rotatable bonds is 4. The molecule has 0 aliphatic heterocycles. The molecule has 18 heavy (non-hydrogen) atoms. The topological polar surface area (TPSA) is 26.0 Å². The van der Waals surface area contributed by atoms with E-state index in [0.717, 1.165) is 20.1 Å². The Balaban J connectivity index is 2.28. The Morgan fingerprint density at radius 2 is 2.00 bits per heavy atom. The van der Waals surface area contributed by atoms with Gasteiger partial charge in [0.1, 0.15) is 4.34 Å². The number of thiophene rings is 1. The van der Waals surface area contributed by atoms with Crippen molar-refractivity contribution in [3.05, 3.63) is 55.6 Å². The van der Waals surface area contributed by atoms with Crippen LogP contribution in [0.25, 0.3) is 0 Å². The lowest BCUT2D eigenvalue weighted by Gasteiger charge is -2.22. The first-order chi connectivity index (χ1) is 8.63. The van der Waals surface area contributed by atoms with Gasteiger partial charge in [-0.05, 0) is 34.0 Å². The molecule has 0 saturated carbocycles. The summed E-state index contributed by atoms with van der Waals surface area (Å²) in [5.41, 5.74) is 7.68. The Hall–Kier alpha value is -0.350. The standard InChI is InChI=1S/C14H15BrClNS/c1-2-10(9-6-4-3-5-7-9)13(17)12-8-11(15)14(16)18-12/h3-8,10,13H,2,17H2,1H3. The molecule has 0 amide bonds. The van der Waals surface area contributed by atoms with Crippen molar-refractivity contribution >= 4 is 38.9 Å². The van der Waals surface area contributed by atoms with Gasteiger partial charge in [0.25, 0.3) is 0 Å². The van der Waals surface area contributed by atoms with Crippen LogP contribution in [0.1, 0.15) is 35.7 Å². The molecule has 2 N–H and O–H groups in total. The van der Waals surface area contributed by atoms with Gasteiger partial charge in [0.15, 0.2) is 0 Å². The highest BCUT2D eigenvalue weighted by molar-refractivity contribution is 9.10. The van der Waals surface area contributed by atoms with E-state index < -0.39 is 0 Å². The molecule has 1 aromatic heterocycles. The Morgan fingerprint density at radius 3 is 2.50 bits per heavy atom. The maximum Gasteiger partial charge on any atom is 0.107 e. The average Bonchev–Trinajstić information content (AvgIpc) is 2.72. The van der Waals surface area contributed by atoms with E-state index >= 15 is 0 Å². The van der Waals surface area contributed by atoms with Crippen molar-refractivity contribution in [2.75, 3.05) is 0 Å². The summed E-state index contributed by atoms with van der Waals surface area (Å²) in [6.45, 7) is 2.17. The Morgan fingerprint density at radius 1 is 1.33 bits per heavy atom. The minimum absolute atomic E-state index is 0.00815. The van der Waals surface area contributed by atoms with Gasteiger partial charge in [-0.1, -0.05) is 48.9 Å². The van der Waals surface area contributed by atoms with Crippen LogP contribution in [0.2, 0.25) is 4.34 Å². The van der Waals surface area contributed by atoms with Crippen LogP contribution in [0.15, 0.2) is 40.9 Å². The summed E-state index contributed by atoms with van der Waals surface area (Å²) in [4.78, 5) is 1.13. The van der Waals surface area contributed by atoms with Crippen LogP contribution in [-0.4, -0.2) is 0 Å². The van der Waals surface area contributed by atoms with E-state index in [-0.39, 0.29) is 6.04 Å². The maximum atomic E-state index is 6.39. The van der Waals surface area contributed by atoms with Crippen molar-refractivity contribution in [3.63, 3.8) is 0 Å². The molecule has 0 aliphatic carbocycles. The van der Waals surface area contributed by atoms with Crippen LogP contribution in [0.5, 0.6) is 0 Å². The average molecular weight is 345 g/mol. The summed E-state index contributed by atoms with van der Waals surface area (Å²) in [6.07, 6.45) is 1.01. The van der Waals surface area contributed by atoms with Gasteiger partial charge < -0.3 is 5.73 Å². The first-order valence-corrected chi connectivity index (χ1v) is 7.87. The largest absolute Gasteiger partial charge is 0.323 e. The van der Waals surface area contributed by atoms with Crippen molar-refractivity contribution in [2.24, 2.45) is 5.73 Å². The van der Waals surface area contributed by atoms with Gasteiger partial charge in [-0.3, -0.25) is 0 Å². The summed E-state index contributed by atoms with van der Waals surface area (Å²) in [6, 6.07) is 12.4. The van der Waals surface area contributed by atoms with E-state index in [1.54, 1.807) is 11.3 Å². The lowest BCUT2D eigenvalue weighted by atomic mass is 9.89. The lowest BCUT2D eigenvalue weighted by molar-refractivity contribution is 0.546. The molecule has 96 valence electrons. The molecule has 1 heterocycles. The van der Waals surface area contributed by atoms with E-state index in [1.807, 2.05) is 12.1 Å². The fourth-order valence-electron chi connectivity index (χ4n) is 2.12. The minimum atomic E-state index is -0.00815. The summed E-state index contributed by atoms with van der Waals surface area (Å²) in [7, 11) is 0.